The molecule has 1 aliphatic heterocycles. The van der Waals surface area contributed by atoms with Gasteiger partial charge in [0.15, 0.2) is 11.5 Å². The Hall–Kier alpha value is -2.89. The first kappa shape index (κ1) is 24.2. The topological polar surface area (TPSA) is 111 Å². The summed E-state index contributed by atoms with van der Waals surface area (Å²) in [5.74, 6) is 1.62. The number of anilines is 1. The first-order valence-electron chi connectivity index (χ1n) is 11.8. The Morgan fingerprint density at radius 1 is 1.18 bits per heavy atom. The SMILES string of the molecule is Cc1c(OC2CCC(NC(=O)c3ccc(N4CCC(CO)CC4)nn3)CC2)ccc(C#N)c1Cl. The monoisotopic (exact) mass is 483 g/mol. The van der Waals surface area contributed by atoms with Gasteiger partial charge >= 0.3 is 0 Å². The molecule has 2 fully saturated rings. The number of piperidine rings is 1. The van der Waals surface area contributed by atoms with E-state index in [9.17, 15) is 9.90 Å². The van der Waals surface area contributed by atoms with Crippen LogP contribution in [-0.4, -0.2) is 53.1 Å². The Morgan fingerprint density at radius 3 is 2.53 bits per heavy atom. The zero-order valence-corrected chi connectivity index (χ0v) is 20.1. The summed E-state index contributed by atoms with van der Waals surface area (Å²) in [7, 11) is 0. The molecule has 2 N–H and O–H groups in total. The maximum atomic E-state index is 12.7. The minimum atomic E-state index is -0.211. The molecule has 1 aromatic carbocycles. The van der Waals surface area contributed by atoms with Crippen molar-refractivity contribution in [2.45, 2.75) is 57.6 Å². The molecule has 1 saturated heterocycles. The zero-order chi connectivity index (χ0) is 24.1. The van der Waals surface area contributed by atoms with Crippen molar-refractivity contribution < 1.29 is 14.6 Å². The lowest BCUT2D eigenvalue weighted by molar-refractivity contribution is 0.0887. The van der Waals surface area contributed by atoms with E-state index >= 15 is 0 Å². The van der Waals surface area contributed by atoms with Crippen LogP contribution < -0.4 is 15.0 Å². The van der Waals surface area contributed by atoms with E-state index in [2.05, 4.69) is 26.5 Å². The number of carbonyl (C=O) groups is 1. The molecule has 0 unspecified atom stereocenters. The van der Waals surface area contributed by atoms with E-state index < -0.39 is 0 Å². The number of aliphatic hydroxyl groups excluding tert-OH is 1. The second-order valence-corrected chi connectivity index (χ2v) is 9.49. The lowest BCUT2D eigenvalue weighted by atomic mass is 9.92. The van der Waals surface area contributed by atoms with Crippen LogP contribution in [0.4, 0.5) is 5.82 Å². The van der Waals surface area contributed by atoms with Gasteiger partial charge in [0.1, 0.15) is 11.8 Å². The molecule has 1 aromatic heterocycles. The fourth-order valence-corrected chi connectivity index (χ4v) is 4.80. The molecule has 0 bridgehead atoms. The molecule has 8 nitrogen and oxygen atoms in total. The second kappa shape index (κ2) is 11.0. The summed E-state index contributed by atoms with van der Waals surface area (Å²) >= 11 is 6.25. The quantitative estimate of drug-likeness (QED) is 0.645. The van der Waals surface area contributed by atoms with Gasteiger partial charge in [-0.25, -0.2) is 0 Å². The van der Waals surface area contributed by atoms with E-state index in [0.717, 1.165) is 63.0 Å². The molecule has 9 heteroatoms. The molecule has 2 heterocycles. The molecule has 0 radical (unpaired) electrons. The first-order valence-corrected chi connectivity index (χ1v) is 12.2. The third-order valence-corrected chi connectivity index (χ3v) is 7.33. The highest BCUT2D eigenvalue weighted by atomic mass is 35.5. The van der Waals surface area contributed by atoms with Crippen molar-refractivity contribution in [2.24, 2.45) is 5.92 Å². The maximum absolute atomic E-state index is 12.7. The molecule has 0 spiro atoms. The molecular formula is C25H30ClN5O3. The summed E-state index contributed by atoms with van der Waals surface area (Å²) in [5, 5.41) is 30.3. The number of aromatic nitrogens is 2. The van der Waals surface area contributed by atoms with Crippen LogP contribution in [0, 0.1) is 24.2 Å². The van der Waals surface area contributed by atoms with Crippen molar-refractivity contribution in [1.29, 1.82) is 5.26 Å². The van der Waals surface area contributed by atoms with E-state index in [4.69, 9.17) is 21.6 Å². The third-order valence-electron chi connectivity index (χ3n) is 6.84. The molecule has 1 saturated carbocycles. The summed E-state index contributed by atoms with van der Waals surface area (Å²) in [6.45, 7) is 3.76. The van der Waals surface area contributed by atoms with E-state index in [1.807, 2.05) is 13.0 Å². The highest BCUT2D eigenvalue weighted by Crippen LogP contribution is 2.32. The molecule has 1 amide bonds. The number of aliphatic hydroxyl groups is 1. The van der Waals surface area contributed by atoms with Gasteiger partial charge in [0, 0.05) is 31.3 Å². The van der Waals surface area contributed by atoms with Gasteiger partial charge in [-0.15, -0.1) is 10.2 Å². The Kier molecular flexibility index (Phi) is 7.86. The molecule has 180 valence electrons. The van der Waals surface area contributed by atoms with Gasteiger partial charge in [-0.1, -0.05) is 11.6 Å². The predicted molar refractivity (Wildman–Crippen MR) is 129 cm³/mol. The molecule has 4 rings (SSSR count). The number of ether oxygens (including phenoxy) is 1. The van der Waals surface area contributed by atoms with Gasteiger partial charge in [-0.05, 0) is 75.6 Å². The number of rotatable bonds is 6. The van der Waals surface area contributed by atoms with Crippen molar-refractivity contribution in [2.75, 3.05) is 24.6 Å². The number of nitrogens with zero attached hydrogens (tertiary/aromatic N) is 4. The van der Waals surface area contributed by atoms with Crippen molar-refractivity contribution >= 4 is 23.3 Å². The first-order chi connectivity index (χ1) is 16.5. The van der Waals surface area contributed by atoms with E-state index in [-0.39, 0.29) is 24.7 Å². The van der Waals surface area contributed by atoms with Crippen LogP contribution in [0.15, 0.2) is 24.3 Å². The molecule has 2 aromatic rings. The van der Waals surface area contributed by atoms with Gasteiger partial charge in [-0.3, -0.25) is 4.79 Å². The van der Waals surface area contributed by atoms with Crippen molar-refractivity contribution in [3.05, 3.63) is 46.1 Å². The molecule has 0 atom stereocenters. The van der Waals surface area contributed by atoms with Crippen LogP contribution in [0.5, 0.6) is 5.75 Å². The number of hydrogen-bond acceptors (Lipinski definition) is 7. The number of benzene rings is 1. The fourth-order valence-electron chi connectivity index (χ4n) is 4.60. The lowest BCUT2D eigenvalue weighted by Gasteiger charge is -2.31. The Labute approximate surface area is 204 Å². The maximum Gasteiger partial charge on any atom is 0.272 e. The Balaban J connectivity index is 1.25. The second-order valence-electron chi connectivity index (χ2n) is 9.12. The zero-order valence-electron chi connectivity index (χ0n) is 19.3. The number of hydrogen-bond donors (Lipinski definition) is 2. The molecule has 2 aliphatic rings. The summed E-state index contributed by atoms with van der Waals surface area (Å²) in [6, 6.07) is 9.19. The molecular weight excluding hydrogens is 454 g/mol. The van der Waals surface area contributed by atoms with E-state index in [0.29, 0.717) is 27.9 Å². The summed E-state index contributed by atoms with van der Waals surface area (Å²) in [6.07, 6.45) is 5.17. The van der Waals surface area contributed by atoms with Crippen LogP contribution in [0.3, 0.4) is 0 Å². The van der Waals surface area contributed by atoms with Crippen LogP contribution in [0.25, 0.3) is 0 Å². The average molecular weight is 484 g/mol. The lowest BCUT2D eigenvalue weighted by Crippen LogP contribution is -2.40. The van der Waals surface area contributed by atoms with Gasteiger partial charge < -0.3 is 20.1 Å². The normalized spacial score (nSPS) is 21.1. The van der Waals surface area contributed by atoms with Gasteiger partial charge in [0.2, 0.25) is 0 Å². The van der Waals surface area contributed by atoms with E-state index in [1.54, 1.807) is 18.2 Å². The van der Waals surface area contributed by atoms with Crippen molar-refractivity contribution in [3.8, 4) is 11.8 Å². The number of nitriles is 1. The van der Waals surface area contributed by atoms with Crippen LogP contribution in [0.2, 0.25) is 5.02 Å². The standard InChI is InChI=1S/C25H30ClN5O3/c1-16-22(8-2-18(14-27)24(16)26)34-20-5-3-19(4-6-20)28-25(33)21-7-9-23(30-29-21)31-12-10-17(15-32)11-13-31/h2,7-9,17,19-20,32H,3-6,10-13,15H2,1H3,(H,28,33). The van der Waals surface area contributed by atoms with Crippen LogP contribution >= 0.6 is 11.6 Å². The Morgan fingerprint density at radius 2 is 1.91 bits per heavy atom. The largest absolute Gasteiger partial charge is 0.490 e. The van der Waals surface area contributed by atoms with E-state index in [1.165, 1.54) is 0 Å². The van der Waals surface area contributed by atoms with Gasteiger partial charge in [-0.2, -0.15) is 5.26 Å². The van der Waals surface area contributed by atoms with Crippen LogP contribution in [0.1, 0.15) is 60.1 Å². The third kappa shape index (κ3) is 5.60. The van der Waals surface area contributed by atoms with Crippen LogP contribution in [-0.2, 0) is 0 Å². The van der Waals surface area contributed by atoms with Gasteiger partial charge in [0.25, 0.3) is 5.91 Å². The smallest absolute Gasteiger partial charge is 0.272 e. The highest BCUT2D eigenvalue weighted by Gasteiger charge is 2.26. The van der Waals surface area contributed by atoms with Crippen molar-refractivity contribution in [1.82, 2.24) is 15.5 Å². The minimum absolute atomic E-state index is 0.0462. The molecule has 34 heavy (non-hydrogen) atoms. The number of amides is 1. The summed E-state index contributed by atoms with van der Waals surface area (Å²) in [5.41, 5.74) is 1.53. The minimum Gasteiger partial charge on any atom is -0.490 e. The number of carbonyl (C=O) groups excluding carboxylic acids is 1. The Bertz CT molecular complexity index is 1040. The summed E-state index contributed by atoms with van der Waals surface area (Å²) < 4.78 is 6.14. The predicted octanol–water partition coefficient (Wildman–Crippen LogP) is 3.64. The molecule has 1 aliphatic carbocycles. The average Bonchev–Trinajstić information content (AvgIpc) is 2.88. The summed E-state index contributed by atoms with van der Waals surface area (Å²) in [4.78, 5) is 14.8. The van der Waals surface area contributed by atoms with Crippen molar-refractivity contribution in [3.63, 3.8) is 0 Å². The number of halogens is 1. The highest BCUT2D eigenvalue weighted by molar-refractivity contribution is 6.32. The van der Waals surface area contributed by atoms with Gasteiger partial charge in [0.05, 0.1) is 16.7 Å². The fraction of sp³-hybridized carbons (Fsp3) is 0.520. The number of nitrogens with one attached hydrogen (secondary N) is 1.